The van der Waals surface area contributed by atoms with E-state index < -0.39 is 107 Å². The molecule has 9 nitrogen and oxygen atoms in total. The summed E-state index contributed by atoms with van der Waals surface area (Å²) in [5, 5.41) is 9.98. The maximum atomic E-state index is 14.6. The summed E-state index contributed by atoms with van der Waals surface area (Å²) >= 11 is 0. The van der Waals surface area contributed by atoms with Gasteiger partial charge in [-0.15, -0.1) is 0 Å². The van der Waals surface area contributed by atoms with Gasteiger partial charge in [0.15, 0.2) is 0 Å². The molecule has 0 aromatic heterocycles. The van der Waals surface area contributed by atoms with Crippen molar-refractivity contribution in [2.45, 2.75) is 182 Å². The van der Waals surface area contributed by atoms with Gasteiger partial charge < -0.3 is 24.1 Å². The Hall–Kier alpha value is -2.58. The van der Waals surface area contributed by atoms with Gasteiger partial charge in [-0.2, -0.15) is 26.3 Å². The summed E-state index contributed by atoms with van der Waals surface area (Å²) in [6, 6.07) is 0. The first kappa shape index (κ1) is 45.1. The van der Waals surface area contributed by atoms with Crippen molar-refractivity contribution in [1.82, 2.24) is 0 Å². The van der Waals surface area contributed by atoms with E-state index in [1.807, 2.05) is 20.8 Å². The smallest absolute Gasteiger partial charge is 0.426 e. The number of hydrogen-bond donors (Lipinski definition) is 1. The number of hydrogen-bond acceptors (Lipinski definition) is 9. The number of alkyl halides is 6. The number of carbonyl (C=O) groups is 4. The first-order valence-corrected chi connectivity index (χ1v) is 19.6. The maximum Gasteiger partial charge on any atom is 0.426 e. The lowest BCUT2D eigenvalue weighted by atomic mass is 9.65. The lowest BCUT2D eigenvalue weighted by Crippen LogP contribution is -2.59. The molecule has 0 amide bonds. The van der Waals surface area contributed by atoms with Crippen LogP contribution in [0.4, 0.5) is 26.3 Å². The lowest BCUT2D eigenvalue weighted by molar-refractivity contribution is -0.374. The fourth-order valence-corrected chi connectivity index (χ4v) is 9.77. The fourth-order valence-electron chi connectivity index (χ4n) is 9.77. The maximum absolute atomic E-state index is 14.6. The van der Waals surface area contributed by atoms with Gasteiger partial charge in [0.25, 0.3) is 5.60 Å². The van der Waals surface area contributed by atoms with Crippen LogP contribution in [0.1, 0.15) is 140 Å². The van der Waals surface area contributed by atoms with Gasteiger partial charge >= 0.3 is 36.2 Å². The number of esters is 4. The van der Waals surface area contributed by atoms with E-state index in [2.05, 4.69) is 0 Å². The molecular weight excluding hydrogens is 738 g/mol. The van der Waals surface area contributed by atoms with Crippen molar-refractivity contribution >= 4 is 23.9 Å². The van der Waals surface area contributed by atoms with E-state index >= 15 is 0 Å². The molecule has 1 saturated heterocycles. The number of carbonyl (C=O) groups excluding carboxylic acids is 4. The van der Waals surface area contributed by atoms with Crippen LogP contribution in [0.5, 0.6) is 0 Å². The fraction of sp³-hybridized carbons (Fsp3) is 0.900. The third kappa shape index (κ3) is 8.66. The molecule has 316 valence electrons. The van der Waals surface area contributed by atoms with E-state index in [9.17, 15) is 50.6 Å². The third-order valence-corrected chi connectivity index (χ3v) is 13.1. The molecule has 8 unspecified atom stereocenters. The molecule has 15 heteroatoms. The zero-order valence-corrected chi connectivity index (χ0v) is 33.8. The first-order chi connectivity index (χ1) is 24.9. The predicted molar refractivity (Wildman–Crippen MR) is 187 cm³/mol. The summed E-state index contributed by atoms with van der Waals surface area (Å²) in [4.78, 5) is 55.3. The Labute approximate surface area is 320 Å². The molecule has 2 bridgehead atoms. The molecule has 1 N–H and O–H groups in total. The molecule has 4 rings (SSSR count). The Morgan fingerprint density at radius 1 is 0.855 bits per heavy atom. The molecule has 0 spiro atoms. The molecule has 3 saturated carbocycles. The molecule has 0 radical (unpaired) electrons. The van der Waals surface area contributed by atoms with Crippen molar-refractivity contribution in [3.8, 4) is 0 Å². The largest absolute Gasteiger partial charge is 0.462 e. The number of rotatable bonds is 15. The Morgan fingerprint density at radius 3 is 1.91 bits per heavy atom. The summed E-state index contributed by atoms with van der Waals surface area (Å²) in [5.41, 5.74) is -11.0. The Balaban J connectivity index is 1.67. The van der Waals surface area contributed by atoms with Crippen LogP contribution in [0.25, 0.3) is 0 Å². The quantitative estimate of drug-likeness (QED) is 0.0983. The van der Waals surface area contributed by atoms with Crippen molar-refractivity contribution in [3.63, 3.8) is 0 Å². The van der Waals surface area contributed by atoms with E-state index in [0.29, 0.717) is 25.7 Å². The van der Waals surface area contributed by atoms with E-state index in [1.54, 1.807) is 13.8 Å². The van der Waals surface area contributed by atoms with Gasteiger partial charge in [0, 0.05) is 23.7 Å². The minimum atomic E-state index is -6.12. The second-order valence-corrected chi connectivity index (χ2v) is 19.5. The molecule has 4 aliphatic rings. The van der Waals surface area contributed by atoms with Crippen LogP contribution in [0.15, 0.2) is 0 Å². The van der Waals surface area contributed by atoms with Gasteiger partial charge in [-0.3, -0.25) is 19.2 Å². The molecule has 1 heterocycles. The van der Waals surface area contributed by atoms with Crippen LogP contribution in [0.2, 0.25) is 0 Å². The second kappa shape index (κ2) is 15.0. The van der Waals surface area contributed by atoms with Crippen molar-refractivity contribution in [2.75, 3.05) is 0 Å². The molecule has 0 aromatic carbocycles. The van der Waals surface area contributed by atoms with Crippen LogP contribution in [-0.2, 0) is 38.1 Å². The highest BCUT2D eigenvalue weighted by atomic mass is 19.4. The third-order valence-electron chi connectivity index (χ3n) is 13.1. The van der Waals surface area contributed by atoms with E-state index in [-0.39, 0.29) is 36.6 Å². The summed E-state index contributed by atoms with van der Waals surface area (Å²) in [7, 11) is 0. The highest BCUT2D eigenvalue weighted by Gasteiger charge is 2.71. The van der Waals surface area contributed by atoms with E-state index in [1.165, 1.54) is 34.6 Å². The summed E-state index contributed by atoms with van der Waals surface area (Å²) in [6.45, 7) is 16.6. The second-order valence-electron chi connectivity index (χ2n) is 19.5. The zero-order chi connectivity index (χ0) is 42.0. The number of fused-ring (bicyclic) bond motifs is 1. The Morgan fingerprint density at radius 2 is 1.42 bits per heavy atom. The summed E-state index contributed by atoms with van der Waals surface area (Å²) in [5.74, 6) is -3.94. The minimum Gasteiger partial charge on any atom is -0.462 e. The predicted octanol–water partition coefficient (Wildman–Crippen LogP) is 8.81. The number of ether oxygens (including phenoxy) is 4. The molecule has 3 aliphatic carbocycles. The lowest BCUT2D eigenvalue weighted by Gasteiger charge is -2.45. The van der Waals surface area contributed by atoms with Crippen molar-refractivity contribution in [3.05, 3.63) is 0 Å². The van der Waals surface area contributed by atoms with Crippen molar-refractivity contribution < 1.29 is 69.6 Å². The van der Waals surface area contributed by atoms with Crippen LogP contribution in [0, 0.1) is 45.3 Å². The van der Waals surface area contributed by atoms with Crippen LogP contribution < -0.4 is 0 Å². The molecule has 4 fully saturated rings. The minimum absolute atomic E-state index is 0.103. The first-order valence-electron chi connectivity index (χ1n) is 19.6. The highest BCUT2D eigenvalue weighted by Crippen LogP contribution is 2.57. The Kier molecular flexibility index (Phi) is 12.3. The average molecular weight is 799 g/mol. The normalized spacial score (nSPS) is 28.0. The van der Waals surface area contributed by atoms with Crippen LogP contribution >= 0.6 is 0 Å². The molecular formula is C40H60F6O9. The topological polar surface area (TPSA) is 125 Å². The van der Waals surface area contributed by atoms with Gasteiger partial charge in [0.05, 0.1) is 22.2 Å². The molecule has 55 heavy (non-hydrogen) atoms. The molecule has 1 aliphatic heterocycles. The van der Waals surface area contributed by atoms with Gasteiger partial charge in [-0.1, -0.05) is 41.5 Å². The zero-order valence-electron chi connectivity index (χ0n) is 33.8. The van der Waals surface area contributed by atoms with E-state index in [4.69, 9.17) is 18.9 Å². The molecule has 0 aromatic rings. The Bertz CT molecular complexity index is 1450. The van der Waals surface area contributed by atoms with Gasteiger partial charge in [0.1, 0.15) is 23.9 Å². The van der Waals surface area contributed by atoms with Crippen molar-refractivity contribution in [2.24, 2.45) is 45.3 Å². The van der Waals surface area contributed by atoms with Crippen LogP contribution in [0.3, 0.4) is 0 Å². The SMILES string of the molecule is CCC(C)(CC(C)(CC(C)(C)C(=O)OC(CC(C)C)CC(O)(C(F)(F)F)C(F)(F)F)C(=O)OC1C2CC3C(=O)OC1C3C2)C(=O)OC1(C(C)(C)C)CCCC1. The monoisotopic (exact) mass is 798 g/mol. The summed E-state index contributed by atoms with van der Waals surface area (Å²) < 4.78 is 106. The van der Waals surface area contributed by atoms with Gasteiger partial charge in [-0.25, -0.2) is 0 Å². The number of aliphatic hydroxyl groups is 1. The standard InChI is InChI=1S/C40H60F6O9/c1-11-35(9,32(50)55-37(33(4,5)6)14-12-13-15-37)21-36(10,31(49)54-27-23-17-25-26(18-23)29(47)53-28(25)27)20-34(7,8)30(48)52-24(16-22(2)3)19-38(51,39(41,42)43)40(44,45)46/h22-28,51H,11-21H2,1-10H3. The van der Waals surface area contributed by atoms with Gasteiger partial charge in [-0.05, 0) is 97.8 Å². The highest BCUT2D eigenvalue weighted by molar-refractivity contribution is 5.83. The van der Waals surface area contributed by atoms with Crippen molar-refractivity contribution in [1.29, 1.82) is 0 Å². The number of halogens is 6. The molecule has 8 atom stereocenters. The van der Waals surface area contributed by atoms with E-state index in [0.717, 1.165) is 12.8 Å². The van der Waals surface area contributed by atoms with Crippen LogP contribution in [-0.4, -0.2) is 70.9 Å². The summed E-state index contributed by atoms with van der Waals surface area (Å²) in [6.07, 6.45) is -14.3. The average Bonchev–Trinajstić information content (AvgIpc) is 3.79. The van der Waals surface area contributed by atoms with Gasteiger partial charge in [0.2, 0.25) is 0 Å².